The van der Waals surface area contributed by atoms with E-state index in [1.807, 2.05) is 0 Å². The van der Waals surface area contributed by atoms with Crippen molar-refractivity contribution in [2.75, 3.05) is 0 Å². The third-order valence-corrected chi connectivity index (χ3v) is 1.87. The predicted molar refractivity (Wildman–Crippen MR) is 50.8 cm³/mol. The van der Waals surface area contributed by atoms with Gasteiger partial charge in [-0.25, -0.2) is 0 Å². The van der Waals surface area contributed by atoms with Crippen molar-refractivity contribution in [1.29, 1.82) is 0 Å². The lowest BCUT2D eigenvalue weighted by molar-refractivity contribution is 0.423. The van der Waals surface area contributed by atoms with Gasteiger partial charge in [-0.15, -0.1) is 0 Å². The van der Waals surface area contributed by atoms with Crippen molar-refractivity contribution in [3.05, 3.63) is 23.8 Å². The number of hydrogen-bond acceptors (Lipinski definition) is 4. The van der Waals surface area contributed by atoms with Crippen LogP contribution in [0.4, 0.5) is 0 Å². The van der Waals surface area contributed by atoms with Crippen LogP contribution >= 0.6 is 0 Å². The molecule has 0 radical (unpaired) electrons. The summed E-state index contributed by atoms with van der Waals surface area (Å²) in [4.78, 5) is 0. The van der Waals surface area contributed by atoms with Crippen LogP contribution in [0.3, 0.4) is 0 Å². The van der Waals surface area contributed by atoms with Gasteiger partial charge >= 0.3 is 14.2 Å². The van der Waals surface area contributed by atoms with E-state index in [4.69, 9.17) is 20.1 Å². The second-order valence-electron chi connectivity index (χ2n) is 2.86. The van der Waals surface area contributed by atoms with Gasteiger partial charge in [0.05, 0.1) is 0 Å². The summed E-state index contributed by atoms with van der Waals surface area (Å²) in [5, 5.41) is 35.3. The molecule has 0 saturated carbocycles. The van der Waals surface area contributed by atoms with Gasteiger partial charge in [0.1, 0.15) is 0 Å². The van der Waals surface area contributed by atoms with E-state index < -0.39 is 14.2 Å². The van der Waals surface area contributed by atoms with E-state index in [1.54, 1.807) is 6.92 Å². The molecule has 0 aromatic heterocycles. The van der Waals surface area contributed by atoms with Crippen LogP contribution in [0.15, 0.2) is 18.2 Å². The highest BCUT2D eigenvalue weighted by Crippen LogP contribution is 1.92. The molecular weight excluding hydrogens is 170 g/mol. The van der Waals surface area contributed by atoms with Crippen LogP contribution in [0.25, 0.3) is 0 Å². The molecule has 0 saturated heterocycles. The van der Waals surface area contributed by atoms with Gasteiger partial charge in [0.2, 0.25) is 0 Å². The minimum absolute atomic E-state index is 0.335. The molecule has 0 aliphatic carbocycles. The highest BCUT2D eigenvalue weighted by Gasteiger charge is 2.17. The zero-order valence-corrected chi connectivity index (χ0v) is 7.18. The van der Waals surface area contributed by atoms with Crippen molar-refractivity contribution in [3.63, 3.8) is 0 Å². The van der Waals surface area contributed by atoms with Gasteiger partial charge in [0.25, 0.3) is 0 Å². The average Bonchev–Trinajstić information content (AvgIpc) is 2.03. The Kier molecular flexibility index (Phi) is 3.11. The van der Waals surface area contributed by atoms with Crippen molar-refractivity contribution >= 4 is 25.2 Å². The topological polar surface area (TPSA) is 80.9 Å². The zero-order chi connectivity index (χ0) is 10.0. The lowest BCUT2D eigenvalue weighted by Gasteiger charge is -2.06. The Morgan fingerprint density at radius 1 is 1.00 bits per heavy atom. The molecule has 0 heterocycles. The van der Waals surface area contributed by atoms with Gasteiger partial charge in [0.15, 0.2) is 0 Å². The van der Waals surface area contributed by atoms with E-state index in [0.717, 1.165) is 0 Å². The normalized spacial score (nSPS) is 9.92. The number of rotatable bonds is 2. The van der Waals surface area contributed by atoms with E-state index in [9.17, 15) is 0 Å². The molecular formula is C7H10B2O4. The maximum absolute atomic E-state index is 8.86. The Hall–Kier alpha value is -0.810. The average molecular weight is 180 g/mol. The van der Waals surface area contributed by atoms with Crippen molar-refractivity contribution in [1.82, 2.24) is 0 Å². The first-order valence-electron chi connectivity index (χ1n) is 3.85. The molecule has 4 nitrogen and oxygen atoms in total. The van der Waals surface area contributed by atoms with Crippen molar-refractivity contribution in [2.24, 2.45) is 0 Å². The second-order valence-corrected chi connectivity index (χ2v) is 2.86. The summed E-state index contributed by atoms with van der Waals surface area (Å²) in [6.45, 7) is 1.67. The highest BCUT2D eigenvalue weighted by atomic mass is 16.4. The van der Waals surface area contributed by atoms with Crippen molar-refractivity contribution < 1.29 is 20.1 Å². The molecule has 0 atom stereocenters. The van der Waals surface area contributed by atoms with Crippen molar-refractivity contribution in [3.8, 4) is 0 Å². The summed E-state index contributed by atoms with van der Waals surface area (Å²) >= 11 is 0. The Morgan fingerprint density at radius 2 is 1.62 bits per heavy atom. The SMILES string of the molecule is Cc1cc(B(O)O)ccc1B(O)O. The monoisotopic (exact) mass is 180 g/mol. The van der Waals surface area contributed by atoms with E-state index in [2.05, 4.69) is 0 Å². The summed E-state index contributed by atoms with van der Waals surface area (Å²) in [7, 11) is -3.05. The van der Waals surface area contributed by atoms with Gasteiger partial charge in [-0.1, -0.05) is 23.8 Å². The minimum atomic E-state index is -1.52. The largest absolute Gasteiger partial charge is 0.488 e. The van der Waals surface area contributed by atoms with Gasteiger partial charge in [-0.3, -0.25) is 0 Å². The van der Waals surface area contributed by atoms with Crippen LogP contribution < -0.4 is 10.9 Å². The fraction of sp³-hybridized carbons (Fsp3) is 0.143. The standard InChI is InChI=1S/C7H10B2O4/c1-5-4-6(8(10)11)2-3-7(5)9(12)13/h2-4,10-13H,1H3. The van der Waals surface area contributed by atoms with E-state index in [-0.39, 0.29) is 0 Å². The first-order chi connectivity index (χ1) is 6.02. The number of hydrogen-bond donors (Lipinski definition) is 4. The third kappa shape index (κ3) is 2.32. The van der Waals surface area contributed by atoms with Gasteiger partial charge in [-0.05, 0) is 17.8 Å². The molecule has 1 rings (SSSR count). The second kappa shape index (κ2) is 3.93. The molecule has 0 fully saturated rings. The van der Waals surface area contributed by atoms with Gasteiger partial charge < -0.3 is 20.1 Å². The maximum Gasteiger partial charge on any atom is 0.488 e. The fourth-order valence-electron chi connectivity index (χ4n) is 1.15. The molecule has 0 unspecified atom stereocenters. The molecule has 0 spiro atoms. The predicted octanol–water partition coefficient (Wildman–Crippen LogP) is -2.65. The summed E-state index contributed by atoms with van der Waals surface area (Å²) in [6, 6.07) is 4.39. The Morgan fingerprint density at radius 3 is 2.00 bits per heavy atom. The third-order valence-electron chi connectivity index (χ3n) is 1.87. The highest BCUT2D eigenvalue weighted by molar-refractivity contribution is 6.61. The Bertz CT molecular complexity index is 301. The molecule has 13 heavy (non-hydrogen) atoms. The summed E-state index contributed by atoms with van der Waals surface area (Å²) in [6.07, 6.45) is 0. The van der Waals surface area contributed by atoms with Crippen molar-refractivity contribution in [2.45, 2.75) is 6.92 Å². The molecule has 0 aliphatic rings. The lowest BCUT2D eigenvalue weighted by atomic mass is 9.72. The van der Waals surface area contributed by atoms with Crippen LogP contribution in [0, 0.1) is 6.92 Å². The summed E-state index contributed by atoms with van der Waals surface area (Å²) in [5.74, 6) is 0. The molecule has 1 aromatic carbocycles. The van der Waals surface area contributed by atoms with Gasteiger partial charge in [-0.2, -0.15) is 0 Å². The maximum atomic E-state index is 8.86. The summed E-state index contributed by atoms with van der Waals surface area (Å²) < 4.78 is 0. The molecule has 1 aromatic rings. The fourth-order valence-corrected chi connectivity index (χ4v) is 1.15. The summed E-state index contributed by atoms with van der Waals surface area (Å²) in [5.41, 5.74) is 1.31. The van der Waals surface area contributed by atoms with Crippen LogP contribution in [0.1, 0.15) is 5.56 Å². The van der Waals surface area contributed by atoms with E-state index in [0.29, 0.717) is 16.5 Å². The molecule has 0 amide bonds. The van der Waals surface area contributed by atoms with Crippen LogP contribution in [-0.4, -0.2) is 34.3 Å². The van der Waals surface area contributed by atoms with Gasteiger partial charge in [0, 0.05) is 0 Å². The quantitative estimate of drug-likeness (QED) is 0.374. The first-order valence-corrected chi connectivity index (χ1v) is 3.85. The Balaban J connectivity index is 3.06. The smallest absolute Gasteiger partial charge is 0.423 e. The van der Waals surface area contributed by atoms with Crippen LogP contribution in [0.5, 0.6) is 0 Å². The zero-order valence-electron chi connectivity index (χ0n) is 7.18. The Labute approximate surface area is 76.8 Å². The molecule has 4 N–H and O–H groups in total. The lowest BCUT2D eigenvalue weighted by Crippen LogP contribution is -2.36. The number of aryl methyl sites for hydroxylation is 1. The number of benzene rings is 1. The van der Waals surface area contributed by atoms with Crippen LogP contribution in [-0.2, 0) is 0 Å². The molecule has 0 bridgehead atoms. The van der Waals surface area contributed by atoms with E-state index >= 15 is 0 Å². The minimum Gasteiger partial charge on any atom is -0.423 e. The van der Waals surface area contributed by atoms with E-state index in [1.165, 1.54) is 18.2 Å². The molecule has 0 aliphatic heterocycles. The molecule has 6 heteroatoms. The first kappa shape index (κ1) is 10.3. The molecule has 68 valence electrons. The van der Waals surface area contributed by atoms with Crippen LogP contribution in [0.2, 0.25) is 0 Å².